The van der Waals surface area contributed by atoms with Gasteiger partial charge in [0.25, 0.3) is 0 Å². The van der Waals surface area contributed by atoms with E-state index < -0.39 is 34.7 Å². The van der Waals surface area contributed by atoms with Gasteiger partial charge in [0.1, 0.15) is 0 Å². The summed E-state index contributed by atoms with van der Waals surface area (Å²) in [7, 11) is -3.41. The zero-order valence-corrected chi connectivity index (χ0v) is 10.7. The van der Waals surface area contributed by atoms with Gasteiger partial charge < -0.3 is 20.8 Å². The third-order valence-corrected chi connectivity index (χ3v) is 3.23. The van der Waals surface area contributed by atoms with Crippen molar-refractivity contribution < 1.29 is 28.2 Å². The molecule has 10 heteroatoms. The Morgan fingerprint density at radius 2 is 1.89 bits per heavy atom. The van der Waals surface area contributed by atoms with Crippen LogP contribution in [0.3, 0.4) is 0 Å². The molecule has 0 aliphatic rings. The highest BCUT2D eigenvalue weighted by molar-refractivity contribution is 7.89. The Bertz CT molecular complexity index is 382. The van der Waals surface area contributed by atoms with Gasteiger partial charge in [-0.05, 0) is 0 Å². The van der Waals surface area contributed by atoms with Gasteiger partial charge in [-0.3, -0.25) is 0 Å². The molecule has 0 heterocycles. The number of urea groups is 1. The van der Waals surface area contributed by atoms with E-state index in [-0.39, 0.29) is 18.8 Å². The largest absolute Gasteiger partial charge is 0.479 e. The molecule has 5 N–H and O–H groups in total. The van der Waals surface area contributed by atoms with Gasteiger partial charge in [0.2, 0.25) is 10.0 Å². The first-order valence-electron chi connectivity index (χ1n) is 5.18. The van der Waals surface area contributed by atoms with Gasteiger partial charge in [0, 0.05) is 13.1 Å². The molecule has 1 atom stereocenters. The highest BCUT2D eigenvalue weighted by Gasteiger charge is 2.14. The van der Waals surface area contributed by atoms with Crippen LogP contribution in [-0.4, -0.2) is 62.1 Å². The molecule has 0 aromatic heterocycles. The van der Waals surface area contributed by atoms with E-state index in [1.54, 1.807) is 6.92 Å². The lowest BCUT2D eigenvalue weighted by Crippen LogP contribution is -2.44. The van der Waals surface area contributed by atoms with Crippen LogP contribution in [0.2, 0.25) is 0 Å². The van der Waals surface area contributed by atoms with Crippen LogP contribution in [0.1, 0.15) is 6.92 Å². The van der Waals surface area contributed by atoms with E-state index in [0.717, 1.165) is 0 Å². The highest BCUT2D eigenvalue weighted by atomic mass is 32.2. The molecule has 0 aromatic carbocycles. The van der Waals surface area contributed by atoms with Crippen LogP contribution in [0.25, 0.3) is 0 Å². The molecule has 18 heavy (non-hydrogen) atoms. The third-order valence-electron chi connectivity index (χ3n) is 1.76. The number of amides is 2. The monoisotopic (exact) mass is 283 g/mol. The highest BCUT2D eigenvalue weighted by Crippen LogP contribution is 1.82. The number of hydrogen-bond donors (Lipinski definition) is 5. The van der Waals surface area contributed by atoms with E-state index in [4.69, 9.17) is 10.2 Å². The summed E-state index contributed by atoms with van der Waals surface area (Å²) >= 11 is 0. The number of sulfonamides is 1. The Morgan fingerprint density at radius 1 is 1.28 bits per heavy atom. The Kier molecular flexibility index (Phi) is 7.24. The number of aliphatic carboxylic acids is 1. The summed E-state index contributed by atoms with van der Waals surface area (Å²) in [4.78, 5) is 21.3. The summed E-state index contributed by atoms with van der Waals surface area (Å²) in [5.74, 6) is -1.74. The standard InChI is InChI=1S/C8H17N3O6S/c1-2-11-18(16,17)4-3-9-8(15)10-5-6(12)7(13)14/h6,11-12H,2-5H2,1H3,(H,13,14)(H2,9,10,15)/t6-/m0/s1. The van der Waals surface area contributed by atoms with E-state index >= 15 is 0 Å². The summed E-state index contributed by atoms with van der Waals surface area (Å²) in [6.07, 6.45) is -1.69. The summed E-state index contributed by atoms with van der Waals surface area (Å²) in [5.41, 5.74) is 0. The smallest absolute Gasteiger partial charge is 0.334 e. The van der Waals surface area contributed by atoms with Gasteiger partial charge in [0.05, 0.1) is 12.3 Å². The van der Waals surface area contributed by atoms with Crippen molar-refractivity contribution in [3.8, 4) is 0 Å². The minimum Gasteiger partial charge on any atom is -0.479 e. The van der Waals surface area contributed by atoms with Crippen LogP contribution in [0.4, 0.5) is 4.79 Å². The van der Waals surface area contributed by atoms with Crippen molar-refractivity contribution in [2.24, 2.45) is 0 Å². The second-order valence-electron chi connectivity index (χ2n) is 3.31. The minimum absolute atomic E-state index is 0.121. The molecule has 0 spiro atoms. The second kappa shape index (κ2) is 7.84. The van der Waals surface area contributed by atoms with Crippen molar-refractivity contribution >= 4 is 22.0 Å². The topological polar surface area (TPSA) is 145 Å². The molecule has 0 bridgehead atoms. The fraction of sp³-hybridized carbons (Fsp3) is 0.750. The summed E-state index contributed by atoms with van der Waals surface area (Å²) in [6, 6.07) is -0.748. The molecule has 0 saturated carbocycles. The zero-order chi connectivity index (χ0) is 14.2. The normalized spacial score (nSPS) is 12.8. The van der Waals surface area contributed by atoms with Gasteiger partial charge in [-0.25, -0.2) is 22.7 Å². The number of nitrogens with one attached hydrogen (secondary N) is 3. The van der Waals surface area contributed by atoms with E-state index in [1.165, 1.54) is 0 Å². The first-order chi connectivity index (χ1) is 8.28. The Balaban J connectivity index is 3.82. The van der Waals surface area contributed by atoms with Crippen molar-refractivity contribution in [3.05, 3.63) is 0 Å². The Hall–Kier alpha value is -1.39. The van der Waals surface area contributed by atoms with E-state index in [0.29, 0.717) is 0 Å². The maximum absolute atomic E-state index is 11.2. The molecule has 0 fully saturated rings. The van der Waals surface area contributed by atoms with Crippen LogP contribution in [0.5, 0.6) is 0 Å². The van der Waals surface area contributed by atoms with Crippen LogP contribution in [0, 0.1) is 0 Å². The number of rotatable bonds is 8. The number of carbonyl (C=O) groups excluding carboxylic acids is 1. The molecule has 2 amide bonds. The molecule has 0 aliphatic carbocycles. The summed E-state index contributed by atoms with van der Waals surface area (Å²) in [5, 5.41) is 21.5. The third kappa shape index (κ3) is 7.81. The van der Waals surface area contributed by atoms with Crippen LogP contribution in [-0.2, 0) is 14.8 Å². The van der Waals surface area contributed by atoms with Gasteiger partial charge in [0.15, 0.2) is 6.10 Å². The van der Waals surface area contributed by atoms with Crippen molar-refractivity contribution in [2.45, 2.75) is 13.0 Å². The number of aliphatic hydroxyl groups excluding tert-OH is 1. The average Bonchev–Trinajstić information content (AvgIpc) is 2.25. The lowest BCUT2D eigenvalue weighted by molar-refractivity contribution is -0.146. The minimum atomic E-state index is -3.41. The van der Waals surface area contributed by atoms with Crippen molar-refractivity contribution in [1.82, 2.24) is 15.4 Å². The van der Waals surface area contributed by atoms with Crippen LogP contribution >= 0.6 is 0 Å². The van der Waals surface area contributed by atoms with Gasteiger partial charge >= 0.3 is 12.0 Å². The quantitative estimate of drug-likeness (QED) is 0.338. The molecule has 9 nitrogen and oxygen atoms in total. The van der Waals surface area contributed by atoms with Gasteiger partial charge in [-0.15, -0.1) is 0 Å². The van der Waals surface area contributed by atoms with Crippen LogP contribution < -0.4 is 15.4 Å². The van der Waals surface area contributed by atoms with Gasteiger partial charge in [-0.1, -0.05) is 6.92 Å². The maximum Gasteiger partial charge on any atom is 0.334 e. The fourth-order valence-electron chi connectivity index (χ4n) is 0.930. The number of carboxylic acid groups (broad SMARTS) is 1. The van der Waals surface area contributed by atoms with E-state index in [1.807, 2.05) is 0 Å². The average molecular weight is 283 g/mol. The molecule has 0 aromatic rings. The molecule has 0 unspecified atom stereocenters. The van der Waals surface area contributed by atoms with E-state index in [9.17, 15) is 18.0 Å². The predicted molar refractivity (Wildman–Crippen MR) is 62.5 cm³/mol. The zero-order valence-electron chi connectivity index (χ0n) is 9.84. The Labute approximate surface area is 105 Å². The SMILES string of the molecule is CCNS(=O)(=O)CCNC(=O)NC[C@H](O)C(=O)O. The summed E-state index contributed by atoms with van der Waals surface area (Å²) < 4.78 is 24.6. The molecule has 0 saturated heterocycles. The lowest BCUT2D eigenvalue weighted by atomic mass is 10.4. The molecule has 0 rings (SSSR count). The number of carboxylic acids is 1. The van der Waals surface area contributed by atoms with Crippen molar-refractivity contribution in [3.63, 3.8) is 0 Å². The second-order valence-corrected chi connectivity index (χ2v) is 5.23. The van der Waals surface area contributed by atoms with E-state index in [2.05, 4.69) is 15.4 Å². The molecule has 106 valence electrons. The maximum atomic E-state index is 11.2. The van der Waals surface area contributed by atoms with Gasteiger partial charge in [-0.2, -0.15) is 0 Å². The predicted octanol–water partition coefficient (Wildman–Crippen LogP) is -2.33. The van der Waals surface area contributed by atoms with Crippen LogP contribution in [0.15, 0.2) is 0 Å². The molecule has 0 aliphatic heterocycles. The number of carbonyl (C=O) groups is 2. The first-order valence-corrected chi connectivity index (χ1v) is 6.83. The molecular weight excluding hydrogens is 266 g/mol. The Morgan fingerprint density at radius 3 is 2.39 bits per heavy atom. The van der Waals surface area contributed by atoms with Crippen molar-refractivity contribution in [2.75, 3.05) is 25.4 Å². The van der Waals surface area contributed by atoms with Crippen molar-refractivity contribution in [1.29, 1.82) is 0 Å². The number of aliphatic hydroxyl groups is 1. The molecular formula is C8H17N3O6S. The molecule has 0 radical (unpaired) electrons. The number of hydrogen-bond acceptors (Lipinski definition) is 5. The first kappa shape index (κ1) is 16.6. The lowest BCUT2D eigenvalue weighted by Gasteiger charge is -2.09. The fourth-order valence-corrected chi connectivity index (χ4v) is 1.89. The summed E-state index contributed by atoms with van der Waals surface area (Å²) in [6.45, 7) is 1.32.